The maximum absolute atomic E-state index is 10.6. The highest BCUT2D eigenvalue weighted by Crippen LogP contribution is 2.31. The van der Waals surface area contributed by atoms with E-state index in [0.29, 0.717) is 5.56 Å². The fourth-order valence-corrected chi connectivity index (χ4v) is 2.67. The van der Waals surface area contributed by atoms with Gasteiger partial charge in [0.25, 0.3) is 0 Å². The smallest absolute Gasteiger partial charge is 0.328 e. The Morgan fingerprint density at radius 1 is 1.37 bits per heavy atom. The molecular weight excluding hydrogens is 258 g/mol. The van der Waals surface area contributed by atoms with Crippen LogP contribution in [0, 0.1) is 18.3 Å². The van der Waals surface area contributed by atoms with Crippen LogP contribution in [-0.2, 0) is 4.79 Å². The number of hydrogen-bond acceptors (Lipinski definition) is 3. The molecule has 1 aromatic carbocycles. The van der Waals surface area contributed by atoms with Gasteiger partial charge in [0.05, 0.1) is 11.6 Å². The third kappa shape index (κ3) is 2.90. The fourth-order valence-electron chi connectivity index (χ4n) is 1.85. The molecule has 0 bridgehead atoms. The number of nitriles is 1. The van der Waals surface area contributed by atoms with Crippen LogP contribution in [0.15, 0.2) is 35.0 Å². The summed E-state index contributed by atoms with van der Waals surface area (Å²) in [5.41, 5.74) is 4.51. The molecule has 1 heterocycles. The maximum atomic E-state index is 10.6. The van der Waals surface area contributed by atoms with Gasteiger partial charge in [0.2, 0.25) is 0 Å². The Labute approximate surface area is 115 Å². The number of carbonyl (C=O) groups is 1. The molecule has 1 aromatic heterocycles. The fraction of sp³-hybridized carbons (Fsp3) is 0.0667. The molecule has 0 saturated heterocycles. The Bertz CT molecular complexity index is 692. The molecule has 2 rings (SSSR count). The summed E-state index contributed by atoms with van der Waals surface area (Å²) < 4.78 is 0. The zero-order chi connectivity index (χ0) is 13.8. The molecule has 94 valence electrons. The molecule has 0 aliphatic heterocycles. The van der Waals surface area contributed by atoms with Crippen molar-refractivity contribution in [3.63, 3.8) is 0 Å². The summed E-state index contributed by atoms with van der Waals surface area (Å²) in [6, 6.07) is 7.60. The van der Waals surface area contributed by atoms with Crippen LogP contribution in [0.5, 0.6) is 0 Å². The molecule has 0 radical (unpaired) electrons. The van der Waals surface area contributed by atoms with E-state index in [1.165, 1.54) is 11.3 Å². The van der Waals surface area contributed by atoms with E-state index in [9.17, 15) is 4.79 Å². The minimum Gasteiger partial charge on any atom is -0.478 e. The quantitative estimate of drug-likeness (QED) is 0.864. The van der Waals surface area contributed by atoms with Crippen molar-refractivity contribution < 1.29 is 9.90 Å². The van der Waals surface area contributed by atoms with Gasteiger partial charge in [-0.15, -0.1) is 0 Å². The van der Waals surface area contributed by atoms with Crippen LogP contribution in [0.2, 0.25) is 0 Å². The summed E-state index contributed by atoms with van der Waals surface area (Å²) in [6.07, 6.45) is 2.72. The SMILES string of the molecule is Cc1cc(C#N)ccc1-c1cscc1/C=C/C(=O)O. The molecule has 4 heteroatoms. The first kappa shape index (κ1) is 13.1. The Morgan fingerprint density at radius 2 is 2.16 bits per heavy atom. The molecule has 0 aliphatic rings. The number of carboxylic acid groups (broad SMARTS) is 1. The number of carboxylic acids is 1. The Kier molecular flexibility index (Phi) is 3.79. The number of nitrogens with zero attached hydrogens (tertiary/aromatic N) is 1. The van der Waals surface area contributed by atoms with Gasteiger partial charge in [-0.25, -0.2) is 4.79 Å². The standard InChI is InChI=1S/C15H11NO2S/c1-10-6-11(7-16)2-4-13(10)14-9-19-8-12(14)3-5-15(17)18/h2-6,8-9H,1H3,(H,17,18)/b5-3+. The van der Waals surface area contributed by atoms with Crippen molar-refractivity contribution in [1.82, 2.24) is 0 Å². The van der Waals surface area contributed by atoms with Crippen LogP contribution < -0.4 is 0 Å². The zero-order valence-corrected chi connectivity index (χ0v) is 11.1. The molecular formula is C15H11NO2S. The molecule has 0 fully saturated rings. The summed E-state index contributed by atoms with van der Waals surface area (Å²) in [7, 11) is 0. The second-order valence-electron chi connectivity index (χ2n) is 4.05. The number of benzene rings is 1. The van der Waals surface area contributed by atoms with Crippen molar-refractivity contribution >= 4 is 23.4 Å². The second-order valence-corrected chi connectivity index (χ2v) is 4.80. The van der Waals surface area contributed by atoms with Gasteiger partial charge in [0, 0.05) is 6.08 Å². The van der Waals surface area contributed by atoms with E-state index in [4.69, 9.17) is 10.4 Å². The molecule has 0 amide bonds. The van der Waals surface area contributed by atoms with E-state index in [1.807, 2.05) is 29.8 Å². The Balaban J connectivity index is 2.46. The van der Waals surface area contributed by atoms with Crippen molar-refractivity contribution in [2.24, 2.45) is 0 Å². The lowest BCUT2D eigenvalue weighted by atomic mass is 9.98. The molecule has 0 spiro atoms. The molecule has 2 aromatic rings. The number of hydrogen-bond donors (Lipinski definition) is 1. The highest BCUT2D eigenvalue weighted by atomic mass is 32.1. The molecule has 0 unspecified atom stereocenters. The Hall–Kier alpha value is -2.38. The lowest BCUT2D eigenvalue weighted by molar-refractivity contribution is -0.131. The highest BCUT2D eigenvalue weighted by molar-refractivity contribution is 7.08. The van der Waals surface area contributed by atoms with Crippen molar-refractivity contribution in [3.8, 4) is 17.2 Å². The summed E-state index contributed by atoms with van der Waals surface area (Å²) in [6.45, 7) is 1.94. The van der Waals surface area contributed by atoms with Gasteiger partial charge in [-0.05, 0) is 58.1 Å². The minimum absolute atomic E-state index is 0.624. The lowest BCUT2D eigenvalue weighted by Crippen LogP contribution is -1.87. The Morgan fingerprint density at radius 3 is 2.79 bits per heavy atom. The number of rotatable bonds is 3. The predicted octanol–water partition coefficient (Wildman–Crippen LogP) is 3.69. The van der Waals surface area contributed by atoms with E-state index in [-0.39, 0.29) is 0 Å². The highest BCUT2D eigenvalue weighted by Gasteiger charge is 2.08. The van der Waals surface area contributed by atoms with E-state index >= 15 is 0 Å². The van der Waals surface area contributed by atoms with Crippen molar-refractivity contribution in [3.05, 3.63) is 51.7 Å². The predicted molar refractivity (Wildman–Crippen MR) is 75.9 cm³/mol. The molecule has 3 nitrogen and oxygen atoms in total. The molecule has 0 saturated carbocycles. The first-order valence-electron chi connectivity index (χ1n) is 5.60. The monoisotopic (exact) mass is 269 g/mol. The van der Waals surface area contributed by atoms with Gasteiger partial charge < -0.3 is 5.11 Å². The average molecular weight is 269 g/mol. The number of thiophene rings is 1. The normalized spacial score (nSPS) is 10.5. The maximum Gasteiger partial charge on any atom is 0.328 e. The first-order valence-corrected chi connectivity index (χ1v) is 6.54. The van der Waals surface area contributed by atoms with Crippen LogP contribution in [0.3, 0.4) is 0 Å². The van der Waals surface area contributed by atoms with Gasteiger partial charge in [-0.3, -0.25) is 0 Å². The van der Waals surface area contributed by atoms with Crippen LogP contribution in [0.25, 0.3) is 17.2 Å². The van der Waals surface area contributed by atoms with Crippen LogP contribution in [0.1, 0.15) is 16.7 Å². The third-order valence-electron chi connectivity index (χ3n) is 2.74. The van der Waals surface area contributed by atoms with E-state index in [1.54, 1.807) is 12.1 Å². The molecule has 19 heavy (non-hydrogen) atoms. The summed E-state index contributed by atoms with van der Waals surface area (Å²) in [5.74, 6) is -0.964. The largest absolute Gasteiger partial charge is 0.478 e. The van der Waals surface area contributed by atoms with Crippen molar-refractivity contribution in [1.29, 1.82) is 5.26 Å². The lowest BCUT2D eigenvalue weighted by Gasteiger charge is -2.05. The summed E-state index contributed by atoms with van der Waals surface area (Å²) >= 11 is 1.52. The third-order valence-corrected chi connectivity index (χ3v) is 3.50. The van der Waals surface area contributed by atoms with Gasteiger partial charge >= 0.3 is 5.97 Å². The molecule has 0 aliphatic carbocycles. The number of aliphatic carboxylic acids is 1. The summed E-state index contributed by atoms with van der Waals surface area (Å²) in [4.78, 5) is 10.6. The van der Waals surface area contributed by atoms with Gasteiger partial charge in [0.1, 0.15) is 0 Å². The second kappa shape index (κ2) is 5.51. The van der Waals surface area contributed by atoms with Crippen molar-refractivity contribution in [2.45, 2.75) is 6.92 Å². The van der Waals surface area contributed by atoms with Gasteiger partial charge in [-0.2, -0.15) is 16.6 Å². The van der Waals surface area contributed by atoms with E-state index in [2.05, 4.69) is 6.07 Å². The summed E-state index contributed by atoms with van der Waals surface area (Å²) in [5, 5.41) is 21.4. The topological polar surface area (TPSA) is 61.1 Å². The average Bonchev–Trinajstić information content (AvgIpc) is 2.84. The van der Waals surface area contributed by atoms with E-state index in [0.717, 1.165) is 28.3 Å². The van der Waals surface area contributed by atoms with E-state index < -0.39 is 5.97 Å². The zero-order valence-electron chi connectivity index (χ0n) is 10.3. The van der Waals surface area contributed by atoms with Crippen LogP contribution in [0.4, 0.5) is 0 Å². The molecule has 1 N–H and O–H groups in total. The van der Waals surface area contributed by atoms with Gasteiger partial charge in [-0.1, -0.05) is 6.07 Å². The van der Waals surface area contributed by atoms with Gasteiger partial charge in [0.15, 0.2) is 0 Å². The van der Waals surface area contributed by atoms with Crippen LogP contribution >= 0.6 is 11.3 Å². The van der Waals surface area contributed by atoms with Crippen LogP contribution in [-0.4, -0.2) is 11.1 Å². The first-order chi connectivity index (χ1) is 9.11. The van der Waals surface area contributed by atoms with Crippen molar-refractivity contribution in [2.75, 3.05) is 0 Å². The molecule has 0 atom stereocenters. The number of aryl methyl sites for hydroxylation is 1. The minimum atomic E-state index is -0.964.